The highest BCUT2D eigenvalue weighted by molar-refractivity contribution is 6.30. The van der Waals surface area contributed by atoms with Crippen LogP contribution >= 0.6 is 11.6 Å². The van der Waals surface area contributed by atoms with Gasteiger partial charge in [-0.2, -0.15) is 0 Å². The van der Waals surface area contributed by atoms with E-state index >= 15 is 0 Å². The van der Waals surface area contributed by atoms with Gasteiger partial charge in [0.05, 0.1) is 5.56 Å². The first-order valence-electron chi connectivity index (χ1n) is 7.12. The first-order valence-corrected chi connectivity index (χ1v) is 7.50. The molecule has 0 unspecified atom stereocenters. The number of amides is 1. The highest BCUT2D eigenvalue weighted by Crippen LogP contribution is 2.17. The molecule has 0 saturated heterocycles. The highest BCUT2D eigenvalue weighted by Gasteiger charge is 2.09. The molecule has 0 saturated carbocycles. The molecular weight excluding hydrogens is 350 g/mol. The summed E-state index contributed by atoms with van der Waals surface area (Å²) in [6.07, 6.45) is 2.63. The van der Waals surface area contributed by atoms with E-state index in [1.807, 2.05) is 0 Å². The summed E-state index contributed by atoms with van der Waals surface area (Å²) in [6, 6.07) is 10.0. The van der Waals surface area contributed by atoms with Crippen molar-refractivity contribution in [3.63, 3.8) is 0 Å². The fraction of sp³-hybridized carbons (Fsp3) is 0. The zero-order chi connectivity index (χ0) is 17.8. The van der Waals surface area contributed by atoms with Gasteiger partial charge in [-0.15, -0.1) is 0 Å². The fourth-order valence-electron chi connectivity index (χ4n) is 1.98. The van der Waals surface area contributed by atoms with Crippen LogP contribution in [-0.4, -0.2) is 15.9 Å². The molecule has 1 aromatic heterocycles. The third-order valence-electron chi connectivity index (χ3n) is 3.17. The van der Waals surface area contributed by atoms with E-state index in [0.717, 1.165) is 12.1 Å². The number of halogens is 3. The Hall–Kier alpha value is -3.06. The third kappa shape index (κ3) is 4.27. The number of rotatable bonds is 4. The van der Waals surface area contributed by atoms with Crippen molar-refractivity contribution in [3.8, 4) is 0 Å². The van der Waals surface area contributed by atoms with Crippen molar-refractivity contribution in [2.24, 2.45) is 0 Å². The van der Waals surface area contributed by atoms with Gasteiger partial charge in [-0.25, -0.2) is 18.7 Å². The van der Waals surface area contributed by atoms with Gasteiger partial charge in [-0.1, -0.05) is 17.7 Å². The molecule has 0 aliphatic rings. The summed E-state index contributed by atoms with van der Waals surface area (Å²) < 4.78 is 26.1. The SMILES string of the molecule is O=C(Nc1cccc(Cl)c1)c1cnc(Nc2ccc(F)c(F)c2)nc1. The summed E-state index contributed by atoms with van der Waals surface area (Å²) in [5.74, 6) is -2.19. The molecule has 0 bridgehead atoms. The molecule has 0 aliphatic heterocycles. The summed E-state index contributed by atoms with van der Waals surface area (Å²) in [5, 5.41) is 5.88. The van der Waals surface area contributed by atoms with Gasteiger partial charge in [-0.3, -0.25) is 4.79 Å². The Bertz CT molecular complexity index is 919. The van der Waals surface area contributed by atoms with Crippen molar-refractivity contribution in [2.45, 2.75) is 0 Å². The number of hydrogen-bond donors (Lipinski definition) is 2. The molecule has 25 heavy (non-hydrogen) atoms. The number of hydrogen-bond acceptors (Lipinski definition) is 4. The quantitative estimate of drug-likeness (QED) is 0.723. The number of carbonyl (C=O) groups excluding carboxylic acids is 1. The third-order valence-corrected chi connectivity index (χ3v) is 3.41. The fourth-order valence-corrected chi connectivity index (χ4v) is 2.17. The Labute approximate surface area is 146 Å². The monoisotopic (exact) mass is 360 g/mol. The van der Waals surface area contributed by atoms with Crippen LogP contribution < -0.4 is 10.6 Å². The molecule has 2 N–H and O–H groups in total. The van der Waals surface area contributed by atoms with Crippen LogP contribution in [0.4, 0.5) is 26.1 Å². The second-order valence-electron chi connectivity index (χ2n) is 5.01. The van der Waals surface area contributed by atoms with E-state index in [1.165, 1.54) is 18.5 Å². The van der Waals surface area contributed by atoms with Crippen LogP contribution in [0.5, 0.6) is 0 Å². The van der Waals surface area contributed by atoms with Gasteiger partial charge in [0.15, 0.2) is 11.6 Å². The summed E-state index contributed by atoms with van der Waals surface area (Å²) in [7, 11) is 0. The van der Waals surface area contributed by atoms with Crippen molar-refractivity contribution in [1.82, 2.24) is 9.97 Å². The van der Waals surface area contributed by atoms with Gasteiger partial charge in [0.25, 0.3) is 5.91 Å². The molecule has 5 nitrogen and oxygen atoms in total. The van der Waals surface area contributed by atoms with Gasteiger partial charge in [0.1, 0.15) is 0 Å². The predicted molar refractivity (Wildman–Crippen MR) is 91.1 cm³/mol. The van der Waals surface area contributed by atoms with Crippen molar-refractivity contribution in [3.05, 3.63) is 77.1 Å². The lowest BCUT2D eigenvalue weighted by molar-refractivity contribution is 0.102. The molecule has 2 aromatic carbocycles. The molecule has 0 radical (unpaired) electrons. The minimum Gasteiger partial charge on any atom is -0.324 e. The topological polar surface area (TPSA) is 66.9 Å². The average Bonchev–Trinajstić information content (AvgIpc) is 2.59. The van der Waals surface area contributed by atoms with Crippen molar-refractivity contribution >= 4 is 34.8 Å². The molecule has 1 amide bonds. The Morgan fingerprint density at radius 1 is 0.960 bits per heavy atom. The number of aromatic nitrogens is 2. The van der Waals surface area contributed by atoms with E-state index in [4.69, 9.17) is 11.6 Å². The maximum Gasteiger partial charge on any atom is 0.258 e. The zero-order valence-corrected chi connectivity index (χ0v) is 13.4. The number of carbonyl (C=O) groups is 1. The van der Waals surface area contributed by atoms with Crippen LogP contribution in [0.25, 0.3) is 0 Å². The maximum atomic E-state index is 13.2. The zero-order valence-electron chi connectivity index (χ0n) is 12.6. The Balaban J connectivity index is 1.69. The number of nitrogens with zero attached hydrogens (tertiary/aromatic N) is 2. The summed E-state index contributed by atoms with van der Waals surface area (Å²) in [4.78, 5) is 20.1. The number of nitrogens with one attached hydrogen (secondary N) is 2. The first-order chi connectivity index (χ1) is 12.0. The van der Waals surface area contributed by atoms with Crippen LogP contribution in [-0.2, 0) is 0 Å². The van der Waals surface area contributed by atoms with Crippen LogP contribution in [0, 0.1) is 11.6 Å². The molecule has 1 heterocycles. The second kappa shape index (κ2) is 7.23. The lowest BCUT2D eigenvalue weighted by atomic mass is 10.3. The van der Waals surface area contributed by atoms with E-state index < -0.39 is 17.5 Å². The van der Waals surface area contributed by atoms with E-state index in [9.17, 15) is 13.6 Å². The van der Waals surface area contributed by atoms with Crippen molar-refractivity contribution in [1.29, 1.82) is 0 Å². The molecule has 0 spiro atoms. The van der Waals surface area contributed by atoms with Crippen LogP contribution in [0.15, 0.2) is 54.9 Å². The Kier molecular flexibility index (Phi) is 4.85. The molecule has 0 aliphatic carbocycles. The van der Waals surface area contributed by atoms with Gasteiger partial charge >= 0.3 is 0 Å². The average molecular weight is 361 g/mol. The van der Waals surface area contributed by atoms with Crippen molar-refractivity contribution in [2.75, 3.05) is 10.6 Å². The minimum atomic E-state index is -0.984. The minimum absolute atomic E-state index is 0.144. The Morgan fingerprint density at radius 2 is 1.72 bits per heavy atom. The van der Waals surface area contributed by atoms with Crippen LogP contribution in [0.2, 0.25) is 5.02 Å². The molecule has 0 fully saturated rings. The predicted octanol–water partition coefficient (Wildman–Crippen LogP) is 4.40. The molecule has 3 rings (SSSR count). The van der Waals surface area contributed by atoms with Gasteiger partial charge < -0.3 is 10.6 Å². The standard InChI is InChI=1S/C17H11ClF2N4O/c18-11-2-1-3-12(6-11)23-16(25)10-8-21-17(22-9-10)24-13-4-5-14(19)15(20)7-13/h1-9H,(H,23,25)(H,21,22,24). The van der Waals surface area contributed by atoms with Crippen LogP contribution in [0.3, 0.4) is 0 Å². The molecule has 0 atom stereocenters. The summed E-state index contributed by atoms with van der Waals surface area (Å²) >= 11 is 5.86. The smallest absolute Gasteiger partial charge is 0.258 e. The van der Waals surface area contributed by atoms with Crippen LogP contribution in [0.1, 0.15) is 10.4 Å². The molecule has 3 aromatic rings. The van der Waals surface area contributed by atoms with E-state index in [2.05, 4.69) is 20.6 Å². The lowest BCUT2D eigenvalue weighted by Gasteiger charge is -2.07. The second-order valence-corrected chi connectivity index (χ2v) is 5.45. The molecule has 8 heteroatoms. The van der Waals surface area contributed by atoms with E-state index in [0.29, 0.717) is 10.7 Å². The van der Waals surface area contributed by atoms with E-state index in [-0.39, 0.29) is 17.2 Å². The first kappa shape index (κ1) is 16.8. The summed E-state index contributed by atoms with van der Waals surface area (Å²) in [6.45, 7) is 0. The van der Waals surface area contributed by atoms with Gasteiger partial charge in [0, 0.05) is 34.9 Å². The molecular formula is C17H11ClF2N4O. The van der Waals surface area contributed by atoms with E-state index in [1.54, 1.807) is 24.3 Å². The largest absolute Gasteiger partial charge is 0.324 e. The lowest BCUT2D eigenvalue weighted by Crippen LogP contribution is -2.13. The summed E-state index contributed by atoms with van der Waals surface area (Å²) in [5.41, 5.74) is 1.06. The maximum absolute atomic E-state index is 13.2. The number of benzene rings is 2. The Morgan fingerprint density at radius 3 is 2.40 bits per heavy atom. The van der Waals surface area contributed by atoms with Gasteiger partial charge in [-0.05, 0) is 30.3 Å². The van der Waals surface area contributed by atoms with Crippen molar-refractivity contribution < 1.29 is 13.6 Å². The van der Waals surface area contributed by atoms with Gasteiger partial charge in [0.2, 0.25) is 5.95 Å². The number of anilines is 3. The normalized spacial score (nSPS) is 10.4. The highest BCUT2D eigenvalue weighted by atomic mass is 35.5. The molecule has 126 valence electrons.